The molecule has 2 aromatic rings. The Balaban J connectivity index is 1.44. The summed E-state index contributed by atoms with van der Waals surface area (Å²) in [7, 11) is 0. The fourth-order valence-corrected chi connectivity index (χ4v) is 3.02. The van der Waals surface area contributed by atoms with Gasteiger partial charge in [0.25, 0.3) is 0 Å². The van der Waals surface area contributed by atoms with Gasteiger partial charge in [-0.3, -0.25) is 4.90 Å². The molecule has 0 aromatic heterocycles. The van der Waals surface area contributed by atoms with Gasteiger partial charge in [-0.2, -0.15) is 0 Å². The minimum Gasteiger partial charge on any atom is -0.491 e. The van der Waals surface area contributed by atoms with Gasteiger partial charge in [-0.25, -0.2) is 0 Å². The van der Waals surface area contributed by atoms with E-state index in [0.29, 0.717) is 6.04 Å². The van der Waals surface area contributed by atoms with Crippen molar-refractivity contribution in [1.82, 2.24) is 4.90 Å². The van der Waals surface area contributed by atoms with Crippen LogP contribution in [0.15, 0.2) is 42.5 Å². The molecular formula is C17H19NO. The van der Waals surface area contributed by atoms with Crippen LogP contribution in [0.1, 0.15) is 19.3 Å². The molecule has 2 aromatic carbocycles. The van der Waals surface area contributed by atoms with Gasteiger partial charge >= 0.3 is 0 Å². The first kappa shape index (κ1) is 11.3. The molecule has 1 saturated carbocycles. The predicted molar refractivity (Wildman–Crippen MR) is 77.6 cm³/mol. The third kappa shape index (κ3) is 2.10. The summed E-state index contributed by atoms with van der Waals surface area (Å²) in [5, 5.41) is 2.48. The van der Waals surface area contributed by atoms with E-state index in [-0.39, 0.29) is 0 Å². The summed E-state index contributed by atoms with van der Waals surface area (Å²) in [4.78, 5) is 2.59. The Labute approximate surface area is 114 Å². The molecule has 1 aliphatic carbocycles. The minimum absolute atomic E-state index is 0.657. The number of benzene rings is 2. The van der Waals surface area contributed by atoms with Gasteiger partial charge in [-0.15, -0.1) is 0 Å². The molecule has 19 heavy (non-hydrogen) atoms. The van der Waals surface area contributed by atoms with Crippen LogP contribution < -0.4 is 4.74 Å². The second kappa shape index (κ2) is 4.53. The fourth-order valence-electron chi connectivity index (χ4n) is 3.02. The molecule has 1 aliphatic heterocycles. The molecule has 2 unspecified atom stereocenters. The van der Waals surface area contributed by atoms with Gasteiger partial charge in [0.1, 0.15) is 12.4 Å². The Morgan fingerprint density at radius 1 is 1.05 bits per heavy atom. The summed E-state index contributed by atoms with van der Waals surface area (Å²) in [6, 6.07) is 16.2. The third-order valence-corrected chi connectivity index (χ3v) is 4.48. The van der Waals surface area contributed by atoms with E-state index in [1.165, 1.54) is 36.6 Å². The molecule has 2 nitrogen and oxygen atoms in total. The average Bonchev–Trinajstić information content (AvgIpc) is 3.13. The molecule has 1 saturated heterocycles. The van der Waals surface area contributed by atoms with Gasteiger partial charge in [-0.1, -0.05) is 42.8 Å². The summed E-state index contributed by atoms with van der Waals surface area (Å²) >= 11 is 0. The second-order valence-corrected chi connectivity index (χ2v) is 5.72. The lowest BCUT2D eigenvalue weighted by Crippen LogP contribution is -2.29. The van der Waals surface area contributed by atoms with Crippen LogP contribution in [0.5, 0.6) is 5.75 Å². The maximum absolute atomic E-state index is 6.05. The van der Waals surface area contributed by atoms with Gasteiger partial charge in [0, 0.05) is 18.0 Å². The maximum Gasteiger partial charge on any atom is 0.127 e. The highest BCUT2D eigenvalue weighted by atomic mass is 16.5. The van der Waals surface area contributed by atoms with Crippen molar-refractivity contribution < 1.29 is 4.74 Å². The first-order valence-electron chi connectivity index (χ1n) is 7.28. The Morgan fingerprint density at radius 2 is 1.89 bits per heavy atom. The normalized spacial score (nSPS) is 26.1. The summed E-state index contributed by atoms with van der Waals surface area (Å²) in [5.41, 5.74) is 0. The SMILES string of the molecule is c1ccc2c(OCC3CN3C3CCC3)cccc2c1. The Kier molecular flexibility index (Phi) is 2.70. The van der Waals surface area contributed by atoms with E-state index in [2.05, 4.69) is 47.4 Å². The lowest BCUT2D eigenvalue weighted by Gasteiger charge is -2.27. The van der Waals surface area contributed by atoms with Crippen LogP contribution in [0.2, 0.25) is 0 Å². The van der Waals surface area contributed by atoms with E-state index < -0.39 is 0 Å². The molecule has 0 N–H and O–H groups in total. The molecule has 0 amide bonds. The van der Waals surface area contributed by atoms with Crippen LogP contribution in [0.4, 0.5) is 0 Å². The first-order valence-corrected chi connectivity index (χ1v) is 7.28. The van der Waals surface area contributed by atoms with Gasteiger partial charge in [0.15, 0.2) is 0 Å². The molecule has 0 bridgehead atoms. The number of ether oxygens (including phenoxy) is 1. The van der Waals surface area contributed by atoms with Crippen molar-refractivity contribution in [2.75, 3.05) is 13.2 Å². The van der Waals surface area contributed by atoms with Gasteiger partial charge in [0.2, 0.25) is 0 Å². The Morgan fingerprint density at radius 3 is 2.74 bits per heavy atom. The summed E-state index contributed by atoms with van der Waals surface area (Å²) < 4.78 is 6.05. The van der Waals surface area contributed by atoms with E-state index in [1.54, 1.807) is 0 Å². The zero-order chi connectivity index (χ0) is 12.7. The predicted octanol–water partition coefficient (Wildman–Crippen LogP) is 3.46. The van der Waals surface area contributed by atoms with Crippen molar-refractivity contribution in [2.24, 2.45) is 0 Å². The van der Waals surface area contributed by atoms with Crippen molar-refractivity contribution in [3.8, 4) is 5.75 Å². The van der Waals surface area contributed by atoms with Crippen molar-refractivity contribution in [3.63, 3.8) is 0 Å². The van der Waals surface area contributed by atoms with Crippen molar-refractivity contribution >= 4 is 10.8 Å². The highest BCUT2D eigenvalue weighted by molar-refractivity contribution is 5.88. The van der Waals surface area contributed by atoms with E-state index in [1.807, 2.05) is 0 Å². The van der Waals surface area contributed by atoms with E-state index in [0.717, 1.165) is 18.4 Å². The Bertz CT molecular complexity index is 585. The molecule has 0 radical (unpaired) electrons. The highest BCUT2D eigenvalue weighted by Crippen LogP contribution is 2.34. The van der Waals surface area contributed by atoms with E-state index >= 15 is 0 Å². The molecule has 2 atom stereocenters. The topological polar surface area (TPSA) is 12.2 Å². The van der Waals surface area contributed by atoms with Crippen LogP contribution in [0, 0.1) is 0 Å². The summed E-state index contributed by atoms with van der Waals surface area (Å²) in [5.74, 6) is 1.03. The van der Waals surface area contributed by atoms with Gasteiger partial charge < -0.3 is 4.74 Å². The number of hydrogen-bond acceptors (Lipinski definition) is 2. The lowest BCUT2D eigenvalue weighted by molar-refractivity contribution is 0.216. The van der Waals surface area contributed by atoms with Crippen LogP contribution in [0.25, 0.3) is 10.8 Å². The highest BCUT2D eigenvalue weighted by Gasteiger charge is 2.42. The zero-order valence-electron chi connectivity index (χ0n) is 11.1. The number of fused-ring (bicyclic) bond motifs is 1. The summed E-state index contributed by atoms with van der Waals surface area (Å²) in [6.45, 7) is 2.07. The first-order chi connectivity index (χ1) is 9.42. The number of rotatable bonds is 4. The maximum atomic E-state index is 6.05. The molecule has 0 spiro atoms. The minimum atomic E-state index is 0.657. The van der Waals surface area contributed by atoms with Crippen molar-refractivity contribution in [2.45, 2.75) is 31.3 Å². The quantitative estimate of drug-likeness (QED) is 0.774. The monoisotopic (exact) mass is 253 g/mol. The van der Waals surface area contributed by atoms with Crippen molar-refractivity contribution in [3.05, 3.63) is 42.5 Å². The molecule has 1 heterocycles. The van der Waals surface area contributed by atoms with Crippen LogP contribution in [0.3, 0.4) is 0 Å². The Hall–Kier alpha value is -1.54. The third-order valence-electron chi connectivity index (χ3n) is 4.48. The standard InChI is InChI=1S/C17H19NO/c1-2-9-16-13(5-1)6-3-10-17(16)19-12-15-11-18(15)14-7-4-8-14/h1-3,5-6,9-10,14-15H,4,7-8,11-12H2. The van der Waals surface area contributed by atoms with E-state index in [9.17, 15) is 0 Å². The average molecular weight is 253 g/mol. The smallest absolute Gasteiger partial charge is 0.127 e. The fraction of sp³-hybridized carbons (Fsp3) is 0.412. The van der Waals surface area contributed by atoms with Gasteiger partial charge in [0.05, 0.1) is 6.04 Å². The van der Waals surface area contributed by atoms with Crippen LogP contribution >= 0.6 is 0 Å². The largest absolute Gasteiger partial charge is 0.491 e. The van der Waals surface area contributed by atoms with Crippen molar-refractivity contribution in [1.29, 1.82) is 0 Å². The molecule has 2 fully saturated rings. The zero-order valence-corrected chi connectivity index (χ0v) is 11.1. The van der Waals surface area contributed by atoms with Gasteiger partial charge in [-0.05, 0) is 24.3 Å². The second-order valence-electron chi connectivity index (χ2n) is 5.72. The molecule has 98 valence electrons. The molecule has 2 heteroatoms. The number of hydrogen-bond donors (Lipinski definition) is 0. The van der Waals surface area contributed by atoms with E-state index in [4.69, 9.17) is 4.74 Å². The van der Waals surface area contributed by atoms with Crippen LogP contribution in [-0.4, -0.2) is 30.1 Å². The lowest BCUT2D eigenvalue weighted by atomic mass is 9.93. The number of nitrogens with zero attached hydrogens (tertiary/aromatic N) is 1. The molecule has 2 aliphatic rings. The van der Waals surface area contributed by atoms with Crippen LogP contribution in [-0.2, 0) is 0 Å². The molecule has 4 rings (SSSR count). The molecular weight excluding hydrogens is 234 g/mol. The summed E-state index contributed by atoms with van der Waals surface area (Å²) in [6.07, 6.45) is 4.20.